The summed E-state index contributed by atoms with van der Waals surface area (Å²) in [5.74, 6) is -0.157. The lowest BCUT2D eigenvalue weighted by Crippen LogP contribution is -2.20. The van der Waals surface area contributed by atoms with E-state index in [9.17, 15) is 4.79 Å². The van der Waals surface area contributed by atoms with Crippen LogP contribution in [0.25, 0.3) is 0 Å². The third-order valence-electron chi connectivity index (χ3n) is 1.85. The van der Waals surface area contributed by atoms with E-state index in [-0.39, 0.29) is 18.5 Å². The zero-order chi connectivity index (χ0) is 9.97. The molecule has 0 aromatic heterocycles. The second-order valence-electron chi connectivity index (χ2n) is 3.09. The van der Waals surface area contributed by atoms with Crippen molar-refractivity contribution >= 4 is 17.6 Å². The first-order valence-electron chi connectivity index (χ1n) is 4.32. The Balaban J connectivity index is 2.17. The molecule has 1 aromatic carbocycles. The van der Waals surface area contributed by atoms with Crippen LogP contribution in [0.2, 0.25) is 0 Å². The molecule has 1 aromatic rings. The van der Waals surface area contributed by atoms with Crippen molar-refractivity contribution in [2.24, 2.45) is 4.99 Å². The molecule has 0 saturated carbocycles. The number of aliphatic imine (C=N–C) groups is 1. The first-order valence-corrected chi connectivity index (χ1v) is 4.32. The van der Waals surface area contributed by atoms with Gasteiger partial charge in [0.2, 0.25) is 0 Å². The maximum absolute atomic E-state index is 10.8. The molecule has 0 spiro atoms. The molecule has 0 unspecified atom stereocenters. The van der Waals surface area contributed by atoms with Gasteiger partial charge in [-0.1, -0.05) is 17.7 Å². The van der Waals surface area contributed by atoms with E-state index in [1.807, 2.05) is 31.2 Å². The van der Waals surface area contributed by atoms with Gasteiger partial charge < -0.3 is 4.74 Å². The van der Waals surface area contributed by atoms with E-state index in [1.54, 1.807) is 0 Å². The minimum atomic E-state index is -0.157. The minimum Gasteiger partial charge on any atom is -0.455 e. The normalized spacial score (nSPS) is 18.1. The molecule has 0 aliphatic carbocycles. The summed E-state index contributed by atoms with van der Waals surface area (Å²) < 4.78 is 4.99. The van der Waals surface area contributed by atoms with Gasteiger partial charge in [0.15, 0.2) is 6.61 Å². The average Bonchev–Trinajstić information content (AvgIpc) is 2.56. The molecular weight excluding hydrogens is 180 g/mol. The Morgan fingerprint density at radius 3 is 2.64 bits per heavy atom. The van der Waals surface area contributed by atoms with Crippen LogP contribution in [0.15, 0.2) is 29.3 Å². The highest BCUT2D eigenvalue weighted by molar-refractivity contribution is 6.00. The highest BCUT2D eigenvalue weighted by Gasteiger charge is 2.16. The van der Waals surface area contributed by atoms with Gasteiger partial charge in [0.05, 0.1) is 5.69 Å². The van der Waals surface area contributed by atoms with E-state index in [1.165, 1.54) is 5.56 Å². The molecular formula is C10H10N2O2. The van der Waals surface area contributed by atoms with Gasteiger partial charge in [-0.25, -0.2) is 0 Å². The van der Waals surface area contributed by atoms with E-state index < -0.39 is 0 Å². The number of rotatable bonds is 1. The van der Waals surface area contributed by atoms with Crippen molar-refractivity contribution in [2.75, 3.05) is 6.61 Å². The van der Waals surface area contributed by atoms with E-state index in [0.29, 0.717) is 0 Å². The second kappa shape index (κ2) is 3.49. The highest BCUT2D eigenvalue weighted by atomic mass is 16.5. The molecule has 1 aliphatic rings. The number of nitrogens with zero attached hydrogens (tertiary/aromatic N) is 1. The van der Waals surface area contributed by atoms with Crippen LogP contribution < -0.4 is 5.32 Å². The van der Waals surface area contributed by atoms with Crippen molar-refractivity contribution in [1.82, 2.24) is 5.32 Å². The summed E-state index contributed by atoms with van der Waals surface area (Å²) in [7, 11) is 0. The number of aryl methyl sites for hydroxylation is 1. The largest absolute Gasteiger partial charge is 0.455 e. The Kier molecular flexibility index (Phi) is 2.18. The number of hydrogen-bond donors (Lipinski definition) is 1. The predicted molar refractivity (Wildman–Crippen MR) is 52.4 cm³/mol. The monoisotopic (exact) mass is 190 g/mol. The van der Waals surface area contributed by atoms with Gasteiger partial charge in [-0.2, -0.15) is 4.99 Å². The van der Waals surface area contributed by atoms with Crippen LogP contribution in [0.3, 0.4) is 0 Å². The van der Waals surface area contributed by atoms with Crippen LogP contribution >= 0.6 is 0 Å². The Morgan fingerprint density at radius 1 is 1.36 bits per heavy atom. The summed E-state index contributed by atoms with van der Waals surface area (Å²) >= 11 is 0. The Hall–Kier alpha value is -1.84. The molecule has 4 heteroatoms. The zero-order valence-electron chi connectivity index (χ0n) is 7.78. The van der Waals surface area contributed by atoms with E-state index >= 15 is 0 Å². The van der Waals surface area contributed by atoms with Crippen LogP contribution in [0.4, 0.5) is 5.69 Å². The maximum Gasteiger partial charge on any atom is 0.297 e. The predicted octanol–water partition coefficient (Wildman–Crippen LogP) is 1.13. The molecule has 1 amide bonds. The lowest BCUT2D eigenvalue weighted by molar-refractivity contribution is -0.119. The van der Waals surface area contributed by atoms with Gasteiger partial charge in [-0.05, 0) is 19.1 Å². The third-order valence-corrected chi connectivity index (χ3v) is 1.85. The number of nitrogens with one attached hydrogen (secondary N) is 1. The molecule has 1 saturated heterocycles. The molecule has 1 aliphatic heterocycles. The lowest BCUT2D eigenvalue weighted by atomic mass is 10.2. The molecule has 0 radical (unpaired) electrons. The smallest absolute Gasteiger partial charge is 0.297 e. The molecule has 14 heavy (non-hydrogen) atoms. The molecule has 1 heterocycles. The maximum atomic E-state index is 10.8. The number of carbonyl (C=O) groups is 1. The van der Waals surface area contributed by atoms with Gasteiger partial charge in [-0.3, -0.25) is 10.1 Å². The quantitative estimate of drug-likeness (QED) is 0.721. The van der Waals surface area contributed by atoms with E-state index in [4.69, 9.17) is 4.74 Å². The van der Waals surface area contributed by atoms with Gasteiger partial charge in [0, 0.05) is 0 Å². The van der Waals surface area contributed by atoms with E-state index in [0.717, 1.165) is 5.69 Å². The van der Waals surface area contributed by atoms with Crippen LogP contribution in [0.1, 0.15) is 5.56 Å². The Labute approximate surface area is 81.6 Å². The topological polar surface area (TPSA) is 50.7 Å². The molecule has 0 atom stereocenters. The summed E-state index contributed by atoms with van der Waals surface area (Å²) in [5, 5.41) is 2.51. The SMILES string of the molecule is Cc1ccc(N=C2NC(=O)CO2)cc1. The van der Waals surface area contributed by atoms with Gasteiger partial charge >= 0.3 is 0 Å². The fraction of sp³-hybridized carbons (Fsp3) is 0.200. The molecule has 0 bridgehead atoms. The molecule has 1 fully saturated rings. The Morgan fingerprint density at radius 2 is 2.07 bits per heavy atom. The van der Waals surface area contributed by atoms with Crippen molar-refractivity contribution in [3.05, 3.63) is 29.8 Å². The summed E-state index contributed by atoms with van der Waals surface area (Å²) in [6.45, 7) is 2.06. The van der Waals surface area contributed by atoms with E-state index in [2.05, 4.69) is 10.3 Å². The van der Waals surface area contributed by atoms with Crippen molar-refractivity contribution < 1.29 is 9.53 Å². The van der Waals surface area contributed by atoms with Crippen LogP contribution in [-0.4, -0.2) is 18.5 Å². The highest BCUT2D eigenvalue weighted by Crippen LogP contribution is 2.13. The molecule has 4 nitrogen and oxygen atoms in total. The number of amidine groups is 1. The summed E-state index contributed by atoms with van der Waals surface area (Å²) in [5.41, 5.74) is 1.94. The minimum absolute atomic E-state index is 0.0602. The van der Waals surface area contributed by atoms with Crippen LogP contribution in [0, 0.1) is 6.92 Å². The summed E-state index contributed by atoms with van der Waals surface area (Å²) in [6, 6.07) is 7.93. The average molecular weight is 190 g/mol. The number of benzene rings is 1. The number of ether oxygens (including phenoxy) is 1. The standard InChI is InChI=1S/C10H10N2O2/c1-7-2-4-8(5-3-7)11-10-12-9(13)6-14-10/h2-5H,6H2,1H3,(H,11,12,13). The van der Waals surface area contributed by atoms with Crippen LogP contribution in [0.5, 0.6) is 0 Å². The summed E-state index contributed by atoms with van der Waals surface area (Å²) in [6.07, 6.45) is 0. The number of amides is 1. The Bertz CT molecular complexity index is 382. The van der Waals surface area contributed by atoms with Crippen molar-refractivity contribution in [3.63, 3.8) is 0 Å². The van der Waals surface area contributed by atoms with Gasteiger partial charge in [0.1, 0.15) is 0 Å². The van der Waals surface area contributed by atoms with Gasteiger partial charge in [-0.15, -0.1) is 0 Å². The molecule has 72 valence electrons. The third kappa shape index (κ3) is 1.90. The van der Waals surface area contributed by atoms with Crippen molar-refractivity contribution in [1.29, 1.82) is 0 Å². The van der Waals surface area contributed by atoms with Crippen molar-refractivity contribution in [3.8, 4) is 0 Å². The molecule has 1 N–H and O–H groups in total. The van der Waals surface area contributed by atoms with Crippen molar-refractivity contribution in [2.45, 2.75) is 6.92 Å². The second-order valence-corrected chi connectivity index (χ2v) is 3.09. The molecule has 2 rings (SSSR count). The number of hydrogen-bond acceptors (Lipinski definition) is 3. The van der Waals surface area contributed by atoms with Gasteiger partial charge in [0.25, 0.3) is 11.9 Å². The first-order chi connectivity index (χ1) is 6.74. The lowest BCUT2D eigenvalue weighted by Gasteiger charge is -1.97. The first kappa shape index (κ1) is 8.74. The zero-order valence-corrected chi connectivity index (χ0v) is 7.78. The fourth-order valence-electron chi connectivity index (χ4n) is 1.12. The number of carbonyl (C=O) groups excluding carboxylic acids is 1. The van der Waals surface area contributed by atoms with Crippen LogP contribution in [-0.2, 0) is 9.53 Å². The fourth-order valence-corrected chi connectivity index (χ4v) is 1.12. The summed E-state index contributed by atoms with van der Waals surface area (Å²) in [4.78, 5) is 14.9.